The van der Waals surface area contributed by atoms with Crippen LogP contribution in [0, 0.1) is 0 Å². The lowest BCUT2D eigenvalue weighted by Gasteiger charge is -2.18. The van der Waals surface area contributed by atoms with Gasteiger partial charge >= 0.3 is 0 Å². The molecule has 0 spiro atoms. The highest BCUT2D eigenvalue weighted by atomic mass is 35.5. The molecule has 1 aliphatic rings. The van der Waals surface area contributed by atoms with Crippen LogP contribution in [-0.2, 0) is 6.42 Å². The number of carbonyl (C=O) groups excluding carboxylic acids is 1. The highest BCUT2D eigenvalue weighted by Gasteiger charge is 2.19. The lowest BCUT2D eigenvalue weighted by Crippen LogP contribution is -2.32. The second kappa shape index (κ2) is 7.71. The van der Waals surface area contributed by atoms with Crippen LogP contribution in [-0.4, -0.2) is 35.4 Å². The van der Waals surface area contributed by atoms with Crippen LogP contribution in [0.5, 0.6) is 0 Å². The van der Waals surface area contributed by atoms with Crippen molar-refractivity contribution in [3.63, 3.8) is 0 Å². The lowest BCUT2D eigenvalue weighted by atomic mass is 10.2. The van der Waals surface area contributed by atoms with Gasteiger partial charge in [0.05, 0.1) is 5.01 Å². The van der Waals surface area contributed by atoms with Gasteiger partial charge < -0.3 is 10.6 Å². The first-order valence-electron chi connectivity index (χ1n) is 6.25. The van der Waals surface area contributed by atoms with Crippen molar-refractivity contribution in [2.45, 2.75) is 32.1 Å². The number of hydrogen-bond donors (Lipinski definition) is 1. The standard InChI is InChI=1S/C12H19N3OS.ClH/c13-6-5-11-14-10(9-17-11)12(16)15-7-3-1-2-4-8-15;/h9H,1-8,13H2;1H. The van der Waals surface area contributed by atoms with E-state index >= 15 is 0 Å². The number of thiazole rings is 1. The number of halogens is 1. The first-order chi connectivity index (χ1) is 8.31. The Hall–Kier alpha value is -0.650. The number of aromatic nitrogens is 1. The molecule has 0 bridgehead atoms. The first kappa shape index (κ1) is 15.4. The number of amides is 1. The summed E-state index contributed by atoms with van der Waals surface area (Å²) < 4.78 is 0. The summed E-state index contributed by atoms with van der Waals surface area (Å²) in [6.07, 6.45) is 5.47. The van der Waals surface area contributed by atoms with Crippen molar-refractivity contribution in [1.29, 1.82) is 0 Å². The van der Waals surface area contributed by atoms with Crippen LogP contribution in [0.15, 0.2) is 5.38 Å². The van der Waals surface area contributed by atoms with Gasteiger partial charge in [0.25, 0.3) is 5.91 Å². The molecule has 1 fully saturated rings. The molecule has 4 nitrogen and oxygen atoms in total. The van der Waals surface area contributed by atoms with Crippen LogP contribution in [0.25, 0.3) is 0 Å². The highest BCUT2D eigenvalue weighted by molar-refractivity contribution is 7.09. The summed E-state index contributed by atoms with van der Waals surface area (Å²) in [6, 6.07) is 0. The van der Waals surface area contributed by atoms with Gasteiger partial charge in [0.1, 0.15) is 5.69 Å². The number of nitrogens with two attached hydrogens (primary N) is 1. The minimum Gasteiger partial charge on any atom is -0.337 e. The Labute approximate surface area is 118 Å². The monoisotopic (exact) mass is 289 g/mol. The molecular weight excluding hydrogens is 270 g/mol. The Kier molecular flexibility index (Phi) is 6.60. The predicted octanol–water partition coefficient (Wildman–Crippen LogP) is 2.08. The fraction of sp³-hybridized carbons (Fsp3) is 0.667. The molecule has 0 aliphatic carbocycles. The van der Waals surface area contributed by atoms with Gasteiger partial charge in [0, 0.05) is 24.9 Å². The topological polar surface area (TPSA) is 59.2 Å². The molecule has 1 aliphatic heterocycles. The average Bonchev–Trinajstić information content (AvgIpc) is 2.64. The van der Waals surface area contributed by atoms with Gasteiger partial charge in [0.15, 0.2) is 0 Å². The number of carbonyl (C=O) groups is 1. The van der Waals surface area contributed by atoms with E-state index in [-0.39, 0.29) is 18.3 Å². The number of nitrogens with zero attached hydrogens (tertiary/aromatic N) is 2. The predicted molar refractivity (Wildman–Crippen MR) is 76.5 cm³/mol. The van der Waals surface area contributed by atoms with E-state index in [0.29, 0.717) is 12.2 Å². The van der Waals surface area contributed by atoms with Crippen molar-refractivity contribution in [3.8, 4) is 0 Å². The molecule has 6 heteroatoms. The summed E-state index contributed by atoms with van der Waals surface area (Å²) >= 11 is 1.53. The minimum atomic E-state index is 0. The molecule has 102 valence electrons. The Morgan fingerprint density at radius 1 is 1.33 bits per heavy atom. The van der Waals surface area contributed by atoms with E-state index in [0.717, 1.165) is 37.4 Å². The van der Waals surface area contributed by atoms with Crippen LogP contribution >= 0.6 is 23.7 Å². The molecule has 0 atom stereocenters. The van der Waals surface area contributed by atoms with E-state index in [1.807, 2.05) is 10.3 Å². The minimum absolute atomic E-state index is 0. The third-order valence-corrected chi connectivity index (χ3v) is 3.93. The van der Waals surface area contributed by atoms with Crippen molar-refractivity contribution in [1.82, 2.24) is 9.88 Å². The molecule has 18 heavy (non-hydrogen) atoms. The van der Waals surface area contributed by atoms with E-state index in [4.69, 9.17) is 5.73 Å². The maximum atomic E-state index is 12.2. The second-order valence-corrected chi connectivity index (χ2v) is 5.31. The third kappa shape index (κ3) is 3.93. The van der Waals surface area contributed by atoms with Gasteiger partial charge in [-0.15, -0.1) is 23.7 Å². The molecule has 1 saturated heterocycles. The molecule has 1 aromatic rings. The quantitative estimate of drug-likeness (QED) is 0.927. The van der Waals surface area contributed by atoms with E-state index < -0.39 is 0 Å². The van der Waals surface area contributed by atoms with Crippen LogP contribution in [0.1, 0.15) is 41.2 Å². The summed E-state index contributed by atoms with van der Waals surface area (Å²) in [5, 5.41) is 2.82. The zero-order chi connectivity index (χ0) is 12.1. The van der Waals surface area contributed by atoms with Crippen molar-refractivity contribution in [3.05, 3.63) is 16.1 Å². The van der Waals surface area contributed by atoms with Gasteiger partial charge in [-0.2, -0.15) is 0 Å². The van der Waals surface area contributed by atoms with Gasteiger partial charge in [-0.05, 0) is 19.4 Å². The van der Waals surface area contributed by atoms with Gasteiger partial charge in [-0.3, -0.25) is 4.79 Å². The first-order valence-corrected chi connectivity index (χ1v) is 7.13. The molecule has 2 rings (SSSR count). The third-order valence-electron chi connectivity index (χ3n) is 3.02. The molecular formula is C12H20ClN3OS. The van der Waals surface area contributed by atoms with E-state index in [1.54, 1.807) is 0 Å². The molecule has 0 unspecified atom stereocenters. The summed E-state index contributed by atoms with van der Waals surface area (Å²) in [4.78, 5) is 18.5. The summed E-state index contributed by atoms with van der Waals surface area (Å²) in [5.74, 6) is 0.0893. The Morgan fingerprint density at radius 3 is 2.61 bits per heavy atom. The molecule has 2 heterocycles. The van der Waals surface area contributed by atoms with Crippen LogP contribution in [0.3, 0.4) is 0 Å². The lowest BCUT2D eigenvalue weighted by molar-refractivity contribution is 0.0756. The van der Waals surface area contributed by atoms with E-state index in [1.165, 1.54) is 24.2 Å². The SMILES string of the molecule is Cl.NCCc1nc(C(=O)N2CCCCCC2)cs1. The van der Waals surface area contributed by atoms with Gasteiger partial charge in [-0.25, -0.2) is 4.98 Å². The summed E-state index contributed by atoms with van der Waals surface area (Å²) in [5.41, 5.74) is 6.08. The molecule has 2 N–H and O–H groups in total. The molecule has 0 radical (unpaired) electrons. The number of hydrogen-bond acceptors (Lipinski definition) is 4. The maximum Gasteiger partial charge on any atom is 0.273 e. The zero-order valence-corrected chi connectivity index (χ0v) is 12.1. The van der Waals surface area contributed by atoms with Crippen LogP contribution in [0.2, 0.25) is 0 Å². The normalized spacial score (nSPS) is 15.9. The van der Waals surface area contributed by atoms with E-state index in [2.05, 4.69) is 4.98 Å². The average molecular weight is 290 g/mol. The van der Waals surface area contributed by atoms with Crippen LogP contribution < -0.4 is 5.73 Å². The second-order valence-electron chi connectivity index (χ2n) is 4.37. The van der Waals surface area contributed by atoms with Crippen molar-refractivity contribution in [2.24, 2.45) is 5.73 Å². The summed E-state index contributed by atoms with van der Waals surface area (Å²) in [7, 11) is 0. The van der Waals surface area contributed by atoms with Crippen molar-refractivity contribution >= 4 is 29.7 Å². The van der Waals surface area contributed by atoms with Gasteiger partial charge in [0.2, 0.25) is 0 Å². The van der Waals surface area contributed by atoms with Gasteiger partial charge in [-0.1, -0.05) is 12.8 Å². The van der Waals surface area contributed by atoms with Crippen molar-refractivity contribution in [2.75, 3.05) is 19.6 Å². The van der Waals surface area contributed by atoms with E-state index in [9.17, 15) is 4.79 Å². The Bertz CT molecular complexity index is 375. The number of likely N-dealkylation sites (tertiary alicyclic amines) is 1. The maximum absolute atomic E-state index is 12.2. The smallest absolute Gasteiger partial charge is 0.273 e. The fourth-order valence-electron chi connectivity index (χ4n) is 2.08. The van der Waals surface area contributed by atoms with Crippen LogP contribution in [0.4, 0.5) is 0 Å². The molecule has 0 aromatic carbocycles. The summed E-state index contributed by atoms with van der Waals surface area (Å²) in [6.45, 7) is 2.34. The van der Waals surface area contributed by atoms with Crippen molar-refractivity contribution < 1.29 is 4.79 Å². The Balaban J connectivity index is 0.00000162. The number of rotatable bonds is 3. The molecule has 1 aromatic heterocycles. The zero-order valence-electron chi connectivity index (χ0n) is 10.4. The molecule has 1 amide bonds. The largest absolute Gasteiger partial charge is 0.337 e. The molecule has 0 saturated carbocycles. The highest BCUT2D eigenvalue weighted by Crippen LogP contribution is 2.15. The Morgan fingerprint density at radius 2 is 2.00 bits per heavy atom. The fourth-order valence-corrected chi connectivity index (χ4v) is 2.87.